The molecule has 24 heavy (non-hydrogen) atoms. The van der Waals surface area contributed by atoms with Crippen LogP contribution in [-0.2, 0) is 11.2 Å². The number of carbonyl (C=O) groups excluding carboxylic acids is 1. The highest BCUT2D eigenvalue weighted by atomic mass is 16.6. The van der Waals surface area contributed by atoms with Crippen LogP contribution in [0, 0.1) is 11.3 Å². The van der Waals surface area contributed by atoms with Crippen LogP contribution in [0.4, 0.5) is 4.79 Å². The van der Waals surface area contributed by atoms with Gasteiger partial charge in [-0.1, -0.05) is 30.3 Å². The summed E-state index contributed by atoms with van der Waals surface area (Å²) < 4.78 is 5.56. The number of fused-ring (bicyclic) bond motifs is 2. The average Bonchev–Trinajstić information content (AvgIpc) is 2.48. The Kier molecular flexibility index (Phi) is 4.58. The van der Waals surface area contributed by atoms with Gasteiger partial charge in [0, 0.05) is 37.5 Å². The minimum atomic E-state index is -0.507. The van der Waals surface area contributed by atoms with Crippen LogP contribution >= 0.6 is 0 Å². The van der Waals surface area contributed by atoms with Crippen molar-refractivity contribution in [3.63, 3.8) is 0 Å². The lowest BCUT2D eigenvalue weighted by Gasteiger charge is -2.53. The third-order valence-corrected chi connectivity index (χ3v) is 4.97. The van der Waals surface area contributed by atoms with E-state index in [1.165, 1.54) is 5.56 Å². The summed E-state index contributed by atoms with van der Waals surface area (Å²) in [6.45, 7) is 8.14. The van der Waals surface area contributed by atoms with Crippen LogP contribution in [-0.4, -0.2) is 54.0 Å². The van der Waals surface area contributed by atoms with Gasteiger partial charge >= 0.3 is 6.09 Å². The molecule has 2 saturated heterocycles. The molecular formula is C19H28N2O3. The molecule has 3 unspecified atom stereocenters. The van der Waals surface area contributed by atoms with Crippen LogP contribution in [0.15, 0.2) is 30.3 Å². The van der Waals surface area contributed by atoms with Crippen molar-refractivity contribution >= 4 is 6.09 Å². The molecule has 0 spiro atoms. The Labute approximate surface area is 144 Å². The Morgan fingerprint density at radius 1 is 1.38 bits per heavy atom. The summed E-state index contributed by atoms with van der Waals surface area (Å²) in [4.78, 5) is 14.3. The zero-order chi connectivity index (χ0) is 17.4. The first-order valence-corrected chi connectivity index (χ1v) is 8.70. The van der Waals surface area contributed by atoms with Gasteiger partial charge in [-0.2, -0.15) is 0 Å². The molecule has 0 aromatic heterocycles. The summed E-state index contributed by atoms with van der Waals surface area (Å²) >= 11 is 0. The molecule has 2 aliphatic rings. The van der Waals surface area contributed by atoms with Crippen LogP contribution in [0.1, 0.15) is 26.3 Å². The average molecular weight is 332 g/mol. The Hall–Kier alpha value is -1.59. The maximum absolute atomic E-state index is 12.5. The van der Waals surface area contributed by atoms with Gasteiger partial charge in [0.2, 0.25) is 0 Å². The Morgan fingerprint density at radius 3 is 2.75 bits per heavy atom. The van der Waals surface area contributed by atoms with E-state index in [9.17, 15) is 9.90 Å². The van der Waals surface area contributed by atoms with E-state index in [0.29, 0.717) is 19.6 Å². The molecule has 1 aromatic carbocycles. The number of carbonyl (C=O) groups is 1. The molecule has 2 aliphatic heterocycles. The van der Waals surface area contributed by atoms with Gasteiger partial charge in [0.15, 0.2) is 0 Å². The van der Waals surface area contributed by atoms with Crippen LogP contribution in [0.2, 0.25) is 0 Å². The first-order valence-electron chi connectivity index (χ1n) is 8.70. The lowest BCUT2D eigenvalue weighted by molar-refractivity contribution is -0.103. The van der Waals surface area contributed by atoms with Crippen molar-refractivity contribution in [2.45, 2.75) is 38.9 Å². The van der Waals surface area contributed by atoms with Crippen LogP contribution in [0.3, 0.4) is 0 Å². The molecule has 2 heterocycles. The van der Waals surface area contributed by atoms with Gasteiger partial charge in [-0.15, -0.1) is 0 Å². The highest BCUT2D eigenvalue weighted by Crippen LogP contribution is 2.39. The number of nitrogens with one attached hydrogen (secondary N) is 1. The third-order valence-electron chi connectivity index (χ3n) is 4.97. The zero-order valence-corrected chi connectivity index (χ0v) is 14.8. The normalized spacial score (nSPS) is 30.1. The molecule has 2 bridgehead atoms. The van der Waals surface area contributed by atoms with E-state index < -0.39 is 11.7 Å². The molecule has 2 N–H and O–H groups in total. The van der Waals surface area contributed by atoms with Gasteiger partial charge < -0.3 is 20.1 Å². The zero-order valence-electron chi connectivity index (χ0n) is 14.8. The van der Waals surface area contributed by atoms with Gasteiger partial charge in [0.05, 0.1) is 6.10 Å². The lowest BCUT2D eigenvalue weighted by atomic mass is 9.67. The maximum atomic E-state index is 12.5. The topological polar surface area (TPSA) is 61.8 Å². The predicted octanol–water partition coefficient (Wildman–Crippen LogP) is 2.05. The van der Waals surface area contributed by atoms with Crippen molar-refractivity contribution < 1.29 is 14.6 Å². The highest BCUT2D eigenvalue weighted by Gasteiger charge is 2.51. The summed E-state index contributed by atoms with van der Waals surface area (Å²) in [5, 5.41) is 14.4. The number of rotatable bonds is 2. The number of benzene rings is 1. The fraction of sp³-hybridized carbons (Fsp3) is 0.632. The first-order chi connectivity index (χ1) is 11.3. The van der Waals surface area contributed by atoms with Crippen molar-refractivity contribution in [1.29, 1.82) is 0 Å². The van der Waals surface area contributed by atoms with E-state index in [-0.39, 0.29) is 17.4 Å². The fourth-order valence-electron chi connectivity index (χ4n) is 3.96. The number of aliphatic hydroxyl groups is 1. The molecule has 132 valence electrons. The smallest absolute Gasteiger partial charge is 0.410 e. The second kappa shape index (κ2) is 6.37. The van der Waals surface area contributed by atoms with Gasteiger partial charge in [0.1, 0.15) is 5.60 Å². The Bertz CT molecular complexity index is 584. The summed E-state index contributed by atoms with van der Waals surface area (Å²) in [7, 11) is 0. The molecular weight excluding hydrogens is 304 g/mol. The standard InChI is InChI=1S/C19H28N2O3/c1-18(2,3)24-17(23)21-11-15-10-20-12-19(13-21,16(15)22)9-14-7-5-4-6-8-14/h4-8,15-16,20,22H,9-13H2,1-3H3. The van der Waals surface area contributed by atoms with Crippen LogP contribution < -0.4 is 5.32 Å². The predicted molar refractivity (Wildman–Crippen MR) is 92.8 cm³/mol. The van der Waals surface area contributed by atoms with E-state index in [2.05, 4.69) is 17.4 Å². The van der Waals surface area contributed by atoms with Crippen LogP contribution in [0.25, 0.3) is 0 Å². The Morgan fingerprint density at radius 2 is 2.08 bits per heavy atom. The quantitative estimate of drug-likeness (QED) is 0.870. The van der Waals surface area contributed by atoms with Crippen molar-refractivity contribution in [2.75, 3.05) is 26.2 Å². The number of ether oxygens (including phenoxy) is 1. The van der Waals surface area contributed by atoms with Crippen molar-refractivity contribution in [2.24, 2.45) is 11.3 Å². The second-order valence-electron chi connectivity index (χ2n) is 8.22. The highest BCUT2D eigenvalue weighted by molar-refractivity contribution is 5.68. The molecule has 3 atom stereocenters. The lowest BCUT2D eigenvalue weighted by Crippen LogP contribution is -2.67. The summed E-state index contributed by atoms with van der Waals surface area (Å²) in [5.41, 5.74) is 0.317. The van der Waals surface area contributed by atoms with Crippen molar-refractivity contribution in [3.8, 4) is 0 Å². The van der Waals surface area contributed by atoms with Crippen molar-refractivity contribution in [3.05, 3.63) is 35.9 Å². The molecule has 2 fully saturated rings. The number of nitrogens with zero attached hydrogens (tertiary/aromatic N) is 1. The summed E-state index contributed by atoms with van der Waals surface area (Å²) in [6.07, 6.45) is 0.0639. The third kappa shape index (κ3) is 3.57. The van der Waals surface area contributed by atoms with Gasteiger partial charge in [0.25, 0.3) is 0 Å². The Balaban J connectivity index is 1.81. The van der Waals surface area contributed by atoms with Crippen molar-refractivity contribution in [1.82, 2.24) is 10.2 Å². The molecule has 5 heteroatoms. The minimum Gasteiger partial charge on any atom is -0.444 e. The van der Waals surface area contributed by atoms with E-state index in [4.69, 9.17) is 4.74 Å². The fourth-order valence-corrected chi connectivity index (χ4v) is 3.96. The molecule has 0 saturated carbocycles. The minimum absolute atomic E-state index is 0.0451. The number of amides is 1. The number of piperidine rings is 2. The molecule has 3 rings (SSSR count). The van der Waals surface area contributed by atoms with E-state index >= 15 is 0 Å². The number of hydrogen-bond acceptors (Lipinski definition) is 4. The number of likely N-dealkylation sites (tertiary alicyclic amines) is 1. The van der Waals surface area contributed by atoms with Gasteiger partial charge in [-0.05, 0) is 32.8 Å². The van der Waals surface area contributed by atoms with Crippen LogP contribution in [0.5, 0.6) is 0 Å². The number of aliphatic hydroxyl groups excluding tert-OH is 1. The molecule has 1 amide bonds. The molecule has 0 aliphatic carbocycles. The molecule has 5 nitrogen and oxygen atoms in total. The van der Waals surface area contributed by atoms with Gasteiger partial charge in [-0.25, -0.2) is 4.79 Å². The van der Waals surface area contributed by atoms with E-state index in [1.54, 1.807) is 4.90 Å². The number of hydrogen-bond donors (Lipinski definition) is 2. The molecule has 0 radical (unpaired) electrons. The second-order valence-corrected chi connectivity index (χ2v) is 8.22. The summed E-state index contributed by atoms with van der Waals surface area (Å²) in [6, 6.07) is 10.2. The first kappa shape index (κ1) is 17.2. The monoisotopic (exact) mass is 332 g/mol. The van der Waals surface area contributed by atoms with Gasteiger partial charge in [-0.3, -0.25) is 0 Å². The maximum Gasteiger partial charge on any atom is 0.410 e. The van der Waals surface area contributed by atoms with E-state index in [1.807, 2.05) is 39.0 Å². The van der Waals surface area contributed by atoms with E-state index in [0.717, 1.165) is 13.0 Å². The molecule has 1 aromatic rings. The summed E-state index contributed by atoms with van der Waals surface area (Å²) in [5.74, 6) is 0.0451. The largest absolute Gasteiger partial charge is 0.444 e. The SMILES string of the molecule is CC(C)(C)OC(=O)N1CC2CNCC(Cc3ccccc3)(C1)C2O.